The van der Waals surface area contributed by atoms with Crippen molar-refractivity contribution in [3.05, 3.63) is 54.1 Å². The largest absolute Gasteiger partial charge is 0.486 e. The smallest absolute Gasteiger partial charge is 0.244 e. The molecule has 0 spiro atoms. The topological polar surface area (TPSA) is 105 Å². The lowest BCUT2D eigenvalue weighted by Crippen LogP contribution is -2.52. The van der Waals surface area contributed by atoms with E-state index in [-0.39, 0.29) is 18.2 Å². The molecule has 0 saturated heterocycles. The number of carbonyl (C=O) groups excluding carboxylic acids is 2. The Hall–Kier alpha value is -3.27. The predicted molar refractivity (Wildman–Crippen MR) is 139 cm³/mol. The first kappa shape index (κ1) is 27.3. The highest BCUT2D eigenvalue weighted by molar-refractivity contribution is 7.92. The molecule has 0 aromatic heterocycles. The summed E-state index contributed by atoms with van der Waals surface area (Å²) in [7, 11) is -3.82. The van der Waals surface area contributed by atoms with Crippen LogP contribution in [0.2, 0.25) is 0 Å². The van der Waals surface area contributed by atoms with Gasteiger partial charge in [0.25, 0.3) is 0 Å². The molecular weight excluding hydrogens is 482 g/mol. The molecule has 0 bridgehead atoms. The van der Waals surface area contributed by atoms with Crippen molar-refractivity contribution in [1.29, 1.82) is 0 Å². The molecule has 1 aliphatic rings. The normalized spacial score (nSPS) is 13.5. The highest BCUT2D eigenvalue weighted by Crippen LogP contribution is 2.35. The lowest BCUT2D eigenvalue weighted by molar-refractivity contribution is -0.140. The second kappa shape index (κ2) is 12.6. The summed E-state index contributed by atoms with van der Waals surface area (Å²) in [5.41, 5.74) is 1.15. The van der Waals surface area contributed by atoms with Crippen molar-refractivity contribution >= 4 is 27.5 Å². The molecule has 0 saturated carbocycles. The van der Waals surface area contributed by atoms with Crippen LogP contribution >= 0.6 is 0 Å². The van der Waals surface area contributed by atoms with Crippen molar-refractivity contribution in [3.63, 3.8) is 0 Å². The van der Waals surface area contributed by atoms with Crippen LogP contribution in [0.5, 0.6) is 11.5 Å². The molecule has 0 fully saturated rings. The minimum absolute atomic E-state index is 0.179. The van der Waals surface area contributed by atoms with E-state index in [1.165, 1.54) is 11.8 Å². The van der Waals surface area contributed by atoms with Crippen LogP contribution in [0.15, 0.2) is 48.5 Å². The van der Waals surface area contributed by atoms with Crippen molar-refractivity contribution in [3.8, 4) is 11.5 Å². The molecule has 9 nitrogen and oxygen atoms in total. The van der Waals surface area contributed by atoms with Gasteiger partial charge >= 0.3 is 0 Å². The summed E-state index contributed by atoms with van der Waals surface area (Å²) in [6.45, 7) is 6.31. The van der Waals surface area contributed by atoms with Crippen LogP contribution in [0.25, 0.3) is 0 Å². The average Bonchev–Trinajstić information content (AvgIpc) is 2.90. The molecule has 0 aliphatic carbocycles. The summed E-state index contributed by atoms with van der Waals surface area (Å²) in [5.74, 6) is 0.0300. The molecule has 36 heavy (non-hydrogen) atoms. The van der Waals surface area contributed by atoms with Crippen LogP contribution in [-0.4, -0.2) is 63.2 Å². The maximum Gasteiger partial charge on any atom is 0.244 e. The van der Waals surface area contributed by atoms with E-state index in [4.69, 9.17) is 9.47 Å². The van der Waals surface area contributed by atoms with Gasteiger partial charge in [-0.05, 0) is 37.5 Å². The number of hydrogen-bond donors (Lipinski definition) is 1. The van der Waals surface area contributed by atoms with E-state index in [1.54, 1.807) is 18.2 Å². The lowest BCUT2D eigenvalue weighted by Gasteiger charge is -2.33. The molecule has 2 aromatic carbocycles. The first-order chi connectivity index (χ1) is 17.3. The maximum atomic E-state index is 13.7. The van der Waals surface area contributed by atoms with Gasteiger partial charge in [-0.2, -0.15) is 0 Å². The maximum absolute atomic E-state index is 13.7. The average molecular weight is 518 g/mol. The number of anilines is 1. The van der Waals surface area contributed by atoms with Crippen molar-refractivity contribution in [1.82, 2.24) is 10.2 Å². The van der Waals surface area contributed by atoms with Gasteiger partial charge in [0.1, 0.15) is 25.8 Å². The second-order valence-corrected chi connectivity index (χ2v) is 10.6. The van der Waals surface area contributed by atoms with Crippen molar-refractivity contribution in [2.24, 2.45) is 0 Å². The van der Waals surface area contributed by atoms with Crippen LogP contribution in [0.3, 0.4) is 0 Å². The number of rotatable bonds is 12. The monoisotopic (exact) mass is 517 g/mol. The molecule has 0 unspecified atom stereocenters. The van der Waals surface area contributed by atoms with Gasteiger partial charge in [-0.15, -0.1) is 0 Å². The Morgan fingerprint density at radius 3 is 2.33 bits per heavy atom. The van der Waals surface area contributed by atoms with E-state index in [0.717, 1.165) is 16.3 Å². The van der Waals surface area contributed by atoms with Crippen LogP contribution < -0.4 is 19.1 Å². The fraction of sp³-hybridized carbons (Fsp3) is 0.462. The lowest BCUT2D eigenvalue weighted by atomic mass is 10.1. The number of benzene rings is 2. The molecule has 196 valence electrons. The van der Waals surface area contributed by atoms with Crippen LogP contribution in [0.4, 0.5) is 5.69 Å². The summed E-state index contributed by atoms with van der Waals surface area (Å²) in [4.78, 5) is 28.2. The van der Waals surface area contributed by atoms with Crippen molar-refractivity contribution < 1.29 is 27.5 Å². The minimum Gasteiger partial charge on any atom is -0.486 e. The quantitative estimate of drug-likeness (QED) is 0.464. The Kier molecular flexibility index (Phi) is 9.58. The molecule has 2 aromatic rings. The van der Waals surface area contributed by atoms with Gasteiger partial charge in [0.05, 0.1) is 11.4 Å². The van der Waals surface area contributed by atoms with Crippen molar-refractivity contribution in [2.45, 2.75) is 46.2 Å². The second-order valence-electron chi connectivity index (χ2n) is 8.46. The first-order valence-corrected chi connectivity index (χ1v) is 13.9. The third-order valence-corrected chi connectivity index (χ3v) is 7.67. The summed E-state index contributed by atoms with van der Waals surface area (Å²) >= 11 is 0. The van der Waals surface area contributed by atoms with Gasteiger partial charge in [0.2, 0.25) is 21.8 Å². The zero-order chi connectivity index (χ0) is 26.1. The van der Waals surface area contributed by atoms with Crippen molar-refractivity contribution in [2.75, 3.05) is 36.4 Å². The van der Waals surface area contributed by atoms with Crippen LogP contribution in [0, 0.1) is 0 Å². The number of fused-ring (bicyclic) bond motifs is 1. The number of sulfonamides is 1. The van der Waals surface area contributed by atoms with E-state index < -0.39 is 28.5 Å². The molecule has 3 rings (SSSR count). The Morgan fingerprint density at radius 2 is 1.69 bits per heavy atom. The summed E-state index contributed by atoms with van der Waals surface area (Å²) < 4.78 is 38.5. The van der Waals surface area contributed by atoms with Gasteiger partial charge in [0.15, 0.2) is 11.5 Å². The number of nitrogens with zero attached hydrogens (tertiary/aromatic N) is 2. The van der Waals surface area contributed by atoms with E-state index in [2.05, 4.69) is 5.32 Å². The number of carbonyl (C=O) groups is 2. The number of hydrogen-bond acceptors (Lipinski definition) is 6. The predicted octanol–water partition coefficient (Wildman–Crippen LogP) is 2.95. The third-order valence-electron chi connectivity index (χ3n) is 5.92. The Morgan fingerprint density at radius 1 is 1.00 bits per heavy atom. The molecule has 1 N–H and O–H groups in total. The van der Waals surface area contributed by atoms with Gasteiger partial charge in [-0.1, -0.05) is 44.2 Å². The summed E-state index contributed by atoms with van der Waals surface area (Å²) in [5, 5.41) is 2.87. The van der Waals surface area contributed by atoms with E-state index in [1.807, 2.05) is 44.2 Å². The molecule has 10 heteroatoms. The highest BCUT2D eigenvalue weighted by Gasteiger charge is 2.32. The molecule has 0 radical (unpaired) electrons. The van der Waals surface area contributed by atoms with Crippen LogP contribution in [-0.2, 0) is 26.2 Å². The third kappa shape index (κ3) is 6.69. The van der Waals surface area contributed by atoms with E-state index in [0.29, 0.717) is 43.4 Å². The first-order valence-electron chi connectivity index (χ1n) is 12.3. The standard InChI is InChI=1S/C26H35N3O6S/c1-4-14-27-26(31)22(5-2)28(18-20-10-8-7-9-11-20)25(30)19-29(36(32,33)6-3)21-12-13-23-24(17-21)35-16-15-34-23/h7-13,17,22H,4-6,14-16,18-19H2,1-3H3,(H,27,31)/t22-/m0/s1. The molecular formula is C26H35N3O6S. The minimum atomic E-state index is -3.82. The molecule has 1 atom stereocenters. The number of nitrogens with one attached hydrogen (secondary N) is 1. The highest BCUT2D eigenvalue weighted by atomic mass is 32.2. The van der Waals surface area contributed by atoms with Gasteiger partial charge in [-0.25, -0.2) is 8.42 Å². The Balaban J connectivity index is 1.95. The number of amides is 2. The summed E-state index contributed by atoms with van der Waals surface area (Å²) in [6.07, 6.45) is 1.15. The fourth-order valence-electron chi connectivity index (χ4n) is 3.97. The SMILES string of the molecule is CCCNC(=O)[C@H](CC)N(Cc1ccccc1)C(=O)CN(c1ccc2c(c1)OCCO2)S(=O)(=O)CC. The molecule has 1 aliphatic heterocycles. The number of ether oxygens (including phenoxy) is 2. The molecule has 1 heterocycles. The zero-order valence-corrected chi connectivity index (χ0v) is 21.9. The van der Waals surface area contributed by atoms with E-state index in [9.17, 15) is 18.0 Å². The van der Waals surface area contributed by atoms with Gasteiger partial charge in [0, 0.05) is 19.2 Å². The van der Waals surface area contributed by atoms with Gasteiger partial charge < -0.3 is 19.7 Å². The molecule has 2 amide bonds. The fourth-order valence-corrected chi connectivity index (χ4v) is 5.03. The zero-order valence-electron chi connectivity index (χ0n) is 21.1. The van der Waals surface area contributed by atoms with Gasteiger partial charge in [-0.3, -0.25) is 13.9 Å². The Bertz CT molecular complexity index is 1140. The summed E-state index contributed by atoms with van der Waals surface area (Å²) in [6, 6.07) is 13.4. The van der Waals surface area contributed by atoms with E-state index >= 15 is 0 Å². The Labute approximate surface area is 213 Å². The van der Waals surface area contributed by atoms with Crippen LogP contribution in [0.1, 0.15) is 39.2 Å².